The number of nitrogens with one attached hydrogen (secondary N) is 2. The molecule has 1 aromatic carbocycles. The van der Waals surface area contributed by atoms with E-state index in [1.54, 1.807) is 0 Å². The van der Waals surface area contributed by atoms with Gasteiger partial charge in [0.15, 0.2) is 0 Å². The second kappa shape index (κ2) is 7.90. The minimum Gasteiger partial charge on any atom is -0.351 e. The summed E-state index contributed by atoms with van der Waals surface area (Å²) in [4.78, 5) is 14.3. The van der Waals surface area contributed by atoms with E-state index in [2.05, 4.69) is 10.0 Å². The monoisotopic (exact) mass is 339 g/mol. The van der Waals surface area contributed by atoms with Gasteiger partial charge in [-0.3, -0.25) is 9.69 Å². The smallest absolute Gasteiger partial charge is 0.237 e. The van der Waals surface area contributed by atoms with Crippen molar-refractivity contribution < 1.29 is 13.2 Å². The minimum absolute atomic E-state index is 0.0243. The van der Waals surface area contributed by atoms with Gasteiger partial charge in [-0.2, -0.15) is 0 Å². The molecule has 23 heavy (non-hydrogen) atoms. The third-order valence-corrected chi connectivity index (χ3v) is 6.35. The van der Waals surface area contributed by atoms with Crippen LogP contribution in [0.5, 0.6) is 0 Å². The first-order chi connectivity index (χ1) is 10.9. The van der Waals surface area contributed by atoms with Gasteiger partial charge in [-0.05, 0) is 32.4 Å². The number of likely N-dealkylation sites (tertiary alicyclic amines) is 1. The van der Waals surface area contributed by atoms with E-state index in [0.29, 0.717) is 32.5 Å². The molecule has 1 aliphatic heterocycles. The summed E-state index contributed by atoms with van der Waals surface area (Å²) in [6, 6.07) is 9.52. The van der Waals surface area contributed by atoms with Gasteiger partial charge in [0.2, 0.25) is 15.9 Å². The van der Waals surface area contributed by atoms with Crippen molar-refractivity contribution in [1.29, 1.82) is 0 Å². The number of sulfonamides is 1. The Hall–Kier alpha value is -1.44. The highest BCUT2D eigenvalue weighted by molar-refractivity contribution is 7.90. The first kappa shape index (κ1) is 17.9. The van der Waals surface area contributed by atoms with E-state index in [-0.39, 0.29) is 17.2 Å². The van der Waals surface area contributed by atoms with Crippen LogP contribution in [0.3, 0.4) is 0 Å². The summed E-state index contributed by atoms with van der Waals surface area (Å²) in [5, 5.41) is 2.58. The van der Waals surface area contributed by atoms with Crippen LogP contribution >= 0.6 is 0 Å². The second-order valence-electron chi connectivity index (χ2n) is 5.86. The molecule has 1 atom stereocenters. The Morgan fingerprint density at radius 1 is 1.26 bits per heavy atom. The Balaban J connectivity index is 1.82. The molecule has 0 saturated carbocycles. The number of hydrogen-bond donors (Lipinski definition) is 2. The van der Waals surface area contributed by atoms with E-state index < -0.39 is 10.0 Å². The summed E-state index contributed by atoms with van der Waals surface area (Å²) >= 11 is 0. The zero-order valence-electron chi connectivity index (χ0n) is 13.7. The Labute approximate surface area is 138 Å². The molecular weight excluding hydrogens is 314 g/mol. The van der Waals surface area contributed by atoms with E-state index >= 15 is 0 Å². The molecule has 0 aliphatic carbocycles. The Bertz CT molecular complexity index is 611. The average Bonchev–Trinajstić information content (AvgIpc) is 2.60. The lowest BCUT2D eigenvalue weighted by atomic mass is 10.1. The maximum absolute atomic E-state index is 12.3. The fourth-order valence-electron chi connectivity index (χ4n) is 2.84. The number of piperidine rings is 1. The van der Waals surface area contributed by atoms with Crippen molar-refractivity contribution in [2.45, 2.75) is 37.6 Å². The van der Waals surface area contributed by atoms with Crippen molar-refractivity contribution in [2.75, 3.05) is 20.1 Å². The van der Waals surface area contributed by atoms with Crippen LogP contribution in [0.15, 0.2) is 30.3 Å². The molecule has 0 spiro atoms. The maximum Gasteiger partial charge on any atom is 0.237 e. The SMILES string of the molecule is CNS(=O)(=O)C1CCN(C(C)C(=O)NCc2ccccc2)CC1. The van der Waals surface area contributed by atoms with Crippen LogP contribution in [0, 0.1) is 0 Å². The molecule has 1 saturated heterocycles. The molecule has 1 amide bonds. The summed E-state index contributed by atoms with van der Waals surface area (Å²) in [6.07, 6.45) is 1.11. The number of carbonyl (C=O) groups excluding carboxylic acids is 1. The summed E-state index contributed by atoms with van der Waals surface area (Å²) in [5.41, 5.74) is 1.06. The second-order valence-corrected chi connectivity index (χ2v) is 8.03. The lowest BCUT2D eigenvalue weighted by Crippen LogP contribution is -2.50. The lowest BCUT2D eigenvalue weighted by molar-refractivity contribution is -0.126. The number of hydrogen-bond acceptors (Lipinski definition) is 4. The molecule has 2 N–H and O–H groups in total. The van der Waals surface area contributed by atoms with E-state index in [1.807, 2.05) is 42.2 Å². The Kier molecular flexibility index (Phi) is 6.15. The summed E-state index contributed by atoms with van der Waals surface area (Å²) < 4.78 is 26.0. The predicted octanol–water partition coefficient (Wildman–Crippen LogP) is 0.705. The van der Waals surface area contributed by atoms with E-state index in [1.165, 1.54) is 7.05 Å². The van der Waals surface area contributed by atoms with Gasteiger partial charge in [-0.15, -0.1) is 0 Å². The molecule has 6 nitrogen and oxygen atoms in total. The summed E-state index contributed by atoms with van der Waals surface area (Å²) in [5.74, 6) is -0.0243. The van der Waals surface area contributed by atoms with Crippen LogP contribution in [0.4, 0.5) is 0 Å². The number of nitrogens with zero attached hydrogens (tertiary/aromatic N) is 1. The van der Waals surface area contributed by atoms with Crippen molar-refractivity contribution in [2.24, 2.45) is 0 Å². The molecule has 1 unspecified atom stereocenters. The number of carbonyl (C=O) groups is 1. The van der Waals surface area contributed by atoms with E-state index in [0.717, 1.165) is 5.56 Å². The number of rotatable bonds is 6. The van der Waals surface area contributed by atoms with E-state index in [9.17, 15) is 13.2 Å². The van der Waals surface area contributed by atoms with Gasteiger partial charge < -0.3 is 5.32 Å². The molecule has 0 aromatic heterocycles. The fraction of sp³-hybridized carbons (Fsp3) is 0.562. The highest BCUT2D eigenvalue weighted by atomic mass is 32.2. The van der Waals surface area contributed by atoms with Gasteiger partial charge in [0.1, 0.15) is 0 Å². The molecule has 128 valence electrons. The predicted molar refractivity (Wildman–Crippen MR) is 90.3 cm³/mol. The molecule has 1 aromatic rings. The Morgan fingerprint density at radius 2 is 1.87 bits per heavy atom. The maximum atomic E-state index is 12.3. The van der Waals surface area contributed by atoms with Crippen molar-refractivity contribution in [1.82, 2.24) is 14.9 Å². The molecule has 2 rings (SSSR count). The quantitative estimate of drug-likeness (QED) is 0.800. The topological polar surface area (TPSA) is 78.5 Å². The van der Waals surface area contributed by atoms with Gasteiger partial charge in [0.05, 0.1) is 11.3 Å². The van der Waals surface area contributed by atoms with Crippen LogP contribution in [-0.2, 0) is 21.4 Å². The van der Waals surface area contributed by atoms with Gasteiger partial charge in [-0.25, -0.2) is 13.1 Å². The Morgan fingerprint density at radius 3 is 2.43 bits per heavy atom. The highest BCUT2D eigenvalue weighted by Gasteiger charge is 2.32. The van der Waals surface area contributed by atoms with Gasteiger partial charge in [0, 0.05) is 19.6 Å². The average molecular weight is 339 g/mol. The van der Waals surface area contributed by atoms with Crippen molar-refractivity contribution >= 4 is 15.9 Å². The largest absolute Gasteiger partial charge is 0.351 e. The number of amides is 1. The van der Waals surface area contributed by atoms with Crippen LogP contribution in [0.1, 0.15) is 25.3 Å². The molecule has 1 heterocycles. The van der Waals surface area contributed by atoms with Crippen LogP contribution in [0.2, 0.25) is 0 Å². The van der Waals surface area contributed by atoms with Crippen LogP contribution in [-0.4, -0.2) is 50.7 Å². The molecule has 1 fully saturated rings. The van der Waals surface area contributed by atoms with Gasteiger partial charge >= 0.3 is 0 Å². The standard InChI is InChI=1S/C16H25N3O3S/c1-13(16(20)18-12-14-6-4-3-5-7-14)19-10-8-15(9-11-19)23(21,22)17-2/h3-7,13,15,17H,8-12H2,1-2H3,(H,18,20). The minimum atomic E-state index is -3.21. The van der Waals surface area contributed by atoms with Gasteiger partial charge in [-0.1, -0.05) is 30.3 Å². The third kappa shape index (κ3) is 4.76. The third-order valence-electron chi connectivity index (χ3n) is 4.44. The first-order valence-corrected chi connectivity index (χ1v) is 9.46. The molecule has 7 heteroatoms. The van der Waals surface area contributed by atoms with Crippen molar-refractivity contribution in [3.8, 4) is 0 Å². The normalized spacial score (nSPS) is 18.5. The van der Waals surface area contributed by atoms with Crippen LogP contribution in [0.25, 0.3) is 0 Å². The molecule has 0 bridgehead atoms. The van der Waals surface area contributed by atoms with Crippen LogP contribution < -0.4 is 10.0 Å². The lowest BCUT2D eigenvalue weighted by Gasteiger charge is -2.34. The number of benzene rings is 1. The highest BCUT2D eigenvalue weighted by Crippen LogP contribution is 2.18. The molecule has 0 radical (unpaired) electrons. The zero-order chi connectivity index (χ0) is 16.9. The van der Waals surface area contributed by atoms with Crippen molar-refractivity contribution in [3.05, 3.63) is 35.9 Å². The zero-order valence-corrected chi connectivity index (χ0v) is 14.5. The first-order valence-electron chi connectivity index (χ1n) is 7.92. The van der Waals surface area contributed by atoms with E-state index in [4.69, 9.17) is 0 Å². The molecule has 1 aliphatic rings. The fourth-order valence-corrected chi connectivity index (χ4v) is 4.00. The summed E-state index contributed by atoms with van der Waals surface area (Å²) in [7, 11) is -1.77. The van der Waals surface area contributed by atoms with Crippen molar-refractivity contribution in [3.63, 3.8) is 0 Å². The van der Waals surface area contributed by atoms with Gasteiger partial charge in [0.25, 0.3) is 0 Å². The molecular formula is C16H25N3O3S. The summed E-state index contributed by atoms with van der Waals surface area (Å²) in [6.45, 7) is 3.61.